The van der Waals surface area contributed by atoms with Crippen molar-refractivity contribution in [3.63, 3.8) is 0 Å². The Hall–Kier alpha value is -4.05. The summed E-state index contributed by atoms with van der Waals surface area (Å²) in [6.07, 6.45) is 2.93. The van der Waals surface area contributed by atoms with E-state index in [2.05, 4.69) is 20.0 Å². The number of nitrogens with zero attached hydrogens (tertiary/aromatic N) is 5. The van der Waals surface area contributed by atoms with Crippen molar-refractivity contribution in [2.45, 2.75) is 13.8 Å². The molecule has 5 aromatic rings. The van der Waals surface area contributed by atoms with Crippen LogP contribution in [0, 0.1) is 6.57 Å². The first-order chi connectivity index (χ1) is 16.0. The van der Waals surface area contributed by atoms with Crippen LogP contribution in [-0.2, 0) is 24.9 Å². The quantitative estimate of drug-likeness (QED) is 0.156. The smallest absolute Gasteiger partial charge is 0.187 e. The number of pyridine rings is 1. The molecule has 171 valence electrons. The second-order valence-corrected chi connectivity index (χ2v) is 7.37. The average Bonchev–Trinajstić information content (AvgIpc) is 3.41. The summed E-state index contributed by atoms with van der Waals surface area (Å²) in [5, 5.41) is 19.1. The van der Waals surface area contributed by atoms with Crippen LogP contribution < -0.4 is 5.10 Å². The van der Waals surface area contributed by atoms with Crippen molar-refractivity contribution in [2.24, 2.45) is 0 Å². The van der Waals surface area contributed by atoms with E-state index in [4.69, 9.17) is 11.7 Å². The maximum atomic E-state index is 10.0. The van der Waals surface area contributed by atoms with Gasteiger partial charge in [-0.25, -0.2) is 4.85 Å². The van der Waals surface area contributed by atoms with Crippen LogP contribution in [0.25, 0.3) is 43.9 Å². The van der Waals surface area contributed by atoms with Crippen molar-refractivity contribution in [1.82, 2.24) is 19.7 Å². The average molecular weight is 627 g/mol. The predicted molar refractivity (Wildman–Crippen MR) is 128 cm³/mol. The number of fused-ring (bicyclic) bond motifs is 3. The SMILES string of the molecule is CC(=O)/C=C(/C)O.[C-]#[N+]c1ccc2c(c1)c1cccnc1n2-c1cc(-c2ccccc2)n[n-]1.[Ir]. The van der Waals surface area contributed by atoms with Gasteiger partial charge in [0.1, 0.15) is 0 Å². The second kappa shape index (κ2) is 10.7. The van der Waals surface area contributed by atoms with Gasteiger partial charge >= 0.3 is 0 Å². The molecule has 3 aromatic heterocycles. The van der Waals surface area contributed by atoms with E-state index < -0.39 is 0 Å². The molecule has 1 N–H and O–H groups in total. The van der Waals surface area contributed by atoms with Crippen molar-refractivity contribution < 1.29 is 30.0 Å². The van der Waals surface area contributed by atoms with Gasteiger partial charge in [0.15, 0.2) is 11.5 Å². The number of carbonyl (C=O) groups excluding carboxylic acids is 1. The van der Waals surface area contributed by atoms with E-state index in [1.54, 1.807) is 6.20 Å². The van der Waals surface area contributed by atoms with Crippen LogP contribution in [-0.4, -0.2) is 25.5 Å². The molecular formula is C26H20IrN5O2-. The van der Waals surface area contributed by atoms with Gasteiger partial charge in [0, 0.05) is 43.3 Å². The summed E-state index contributed by atoms with van der Waals surface area (Å²) in [6.45, 7) is 10.1. The zero-order chi connectivity index (χ0) is 23.4. The number of carbonyl (C=O) groups is 1. The Morgan fingerprint density at radius 2 is 1.82 bits per heavy atom. The Morgan fingerprint density at radius 3 is 2.47 bits per heavy atom. The van der Waals surface area contributed by atoms with Crippen LogP contribution in [0.4, 0.5) is 5.69 Å². The monoisotopic (exact) mass is 627 g/mol. The molecule has 34 heavy (non-hydrogen) atoms. The van der Waals surface area contributed by atoms with Gasteiger partial charge in [-0.15, -0.1) is 0 Å². The minimum Gasteiger partial charge on any atom is -0.512 e. The summed E-state index contributed by atoms with van der Waals surface area (Å²) in [5.41, 5.74) is 4.23. The number of rotatable bonds is 3. The molecule has 7 nitrogen and oxygen atoms in total. The number of hydrogen-bond donors (Lipinski definition) is 1. The Balaban J connectivity index is 0.000000357. The molecule has 0 saturated carbocycles. The van der Waals surface area contributed by atoms with Crippen molar-refractivity contribution in [1.29, 1.82) is 0 Å². The Bertz CT molecular complexity index is 1520. The molecule has 0 bridgehead atoms. The molecule has 0 atom stereocenters. The fraction of sp³-hybridized carbons (Fsp3) is 0.0769. The zero-order valence-electron chi connectivity index (χ0n) is 18.4. The molecule has 2 aromatic carbocycles. The number of allylic oxidation sites excluding steroid dienone is 2. The molecule has 5 rings (SSSR count). The first-order valence-electron chi connectivity index (χ1n) is 10.2. The molecule has 3 heterocycles. The first-order valence-corrected chi connectivity index (χ1v) is 10.2. The third-order valence-electron chi connectivity index (χ3n) is 4.88. The van der Waals surface area contributed by atoms with Crippen molar-refractivity contribution >= 4 is 33.4 Å². The van der Waals surface area contributed by atoms with Crippen molar-refractivity contribution in [3.05, 3.63) is 96.2 Å². The van der Waals surface area contributed by atoms with Gasteiger partial charge in [-0.3, -0.25) is 14.9 Å². The van der Waals surface area contributed by atoms with Crippen LogP contribution in [0.15, 0.2) is 84.8 Å². The van der Waals surface area contributed by atoms with Crippen LogP contribution >= 0.6 is 0 Å². The summed E-state index contributed by atoms with van der Waals surface area (Å²) in [7, 11) is 0. The van der Waals surface area contributed by atoms with Gasteiger partial charge in [0.25, 0.3) is 0 Å². The second-order valence-electron chi connectivity index (χ2n) is 7.37. The topological polar surface area (TPSA) is 86.5 Å². The molecule has 0 fully saturated rings. The summed E-state index contributed by atoms with van der Waals surface area (Å²) < 4.78 is 2.00. The normalized spacial score (nSPS) is 10.8. The molecule has 0 saturated heterocycles. The summed E-state index contributed by atoms with van der Waals surface area (Å²) >= 11 is 0. The third-order valence-corrected chi connectivity index (χ3v) is 4.88. The Kier molecular flexibility index (Phi) is 7.75. The summed E-state index contributed by atoms with van der Waals surface area (Å²) in [5.74, 6) is 0.658. The molecule has 0 aliphatic heterocycles. The van der Waals surface area contributed by atoms with Crippen molar-refractivity contribution in [2.75, 3.05) is 0 Å². The zero-order valence-corrected chi connectivity index (χ0v) is 20.8. The number of ketones is 1. The minimum atomic E-state index is -0.125. The number of aliphatic hydroxyl groups excluding tert-OH is 1. The number of hydrogen-bond acceptors (Lipinski definition) is 4. The van der Waals surface area contributed by atoms with Gasteiger partial charge in [0.05, 0.1) is 23.7 Å². The first kappa shape index (κ1) is 24.6. The van der Waals surface area contributed by atoms with E-state index in [1.807, 2.05) is 71.3 Å². The van der Waals surface area contributed by atoms with Gasteiger partial charge in [0.2, 0.25) is 0 Å². The maximum absolute atomic E-state index is 10.0. The maximum Gasteiger partial charge on any atom is 0.187 e. The van der Waals surface area contributed by atoms with E-state index in [9.17, 15) is 4.79 Å². The molecule has 0 spiro atoms. The number of aromatic nitrogens is 4. The van der Waals surface area contributed by atoms with Crippen LogP contribution in [0.3, 0.4) is 0 Å². The molecule has 0 aliphatic rings. The number of aliphatic hydroxyl groups is 1. The standard InChI is InChI=1S/C21H12N5.C5H8O2.Ir/c1-22-15-9-10-19-17(12-15)16-8-5-11-23-21(16)26(19)20-13-18(24-25-20)14-6-3-2-4-7-14;1-4(6)3-5(2)7;/h2-13H;3,6H,1-2H3;/q-1;;/b;4-3-;. The van der Waals surface area contributed by atoms with Crippen LogP contribution in [0.2, 0.25) is 0 Å². The molecule has 0 amide bonds. The Morgan fingerprint density at radius 1 is 1.06 bits per heavy atom. The number of benzene rings is 2. The predicted octanol–water partition coefficient (Wildman–Crippen LogP) is 5.78. The molecular weight excluding hydrogens is 607 g/mol. The Labute approximate surface area is 209 Å². The van der Waals surface area contributed by atoms with Gasteiger partial charge in [-0.1, -0.05) is 48.5 Å². The van der Waals surface area contributed by atoms with E-state index >= 15 is 0 Å². The molecule has 0 aliphatic carbocycles. The van der Waals surface area contributed by atoms with E-state index in [0.29, 0.717) is 5.69 Å². The minimum absolute atomic E-state index is 0. The summed E-state index contributed by atoms with van der Waals surface area (Å²) in [4.78, 5) is 18.1. The van der Waals surface area contributed by atoms with Crippen LogP contribution in [0.1, 0.15) is 13.8 Å². The molecule has 1 radical (unpaired) electrons. The van der Waals surface area contributed by atoms with Crippen LogP contribution in [0.5, 0.6) is 0 Å². The summed E-state index contributed by atoms with van der Waals surface area (Å²) in [6, 6.07) is 21.5. The van der Waals surface area contributed by atoms with Gasteiger partial charge in [-0.05, 0) is 48.8 Å². The molecule has 0 unspecified atom stereocenters. The third kappa shape index (κ3) is 5.12. The fourth-order valence-electron chi connectivity index (χ4n) is 3.57. The van der Waals surface area contributed by atoms with Crippen molar-refractivity contribution in [3.8, 4) is 17.1 Å². The fourth-order valence-corrected chi connectivity index (χ4v) is 3.57. The molecule has 8 heteroatoms. The van der Waals surface area contributed by atoms with Gasteiger partial charge in [-0.2, -0.15) is 0 Å². The van der Waals surface area contributed by atoms with E-state index in [1.165, 1.54) is 19.9 Å². The van der Waals surface area contributed by atoms with E-state index in [-0.39, 0.29) is 31.6 Å². The van der Waals surface area contributed by atoms with E-state index in [0.717, 1.165) is 39.0 Å². The largest absolute Gasteiger partial charge is 0.512 e. The van der Waals surface area contributed by atoms with Gasteiger partial charge < -0.3 is 14.8 Å².